The van der Waals surface area contributed by atoms with Crippen LogP contribution in [0.5, 0.6) is 11.5 Å². The number of methoxy groups -OCH3 is 1. The molecule has 0 unspecified atom stereocenters. The fourth-order valence-corrected chi connectivity index (χ4v) is 3.62. The lowest BCUT2D eigenvalue weighted by atomic mass is 10.1. The van der Waals surface area contributed by atoms with Crippen molar-refractivity contribution >= 4 is 45.5 Å². The predicted octanol–water partition coefficient (Wildman–Crippen LogP) is 5.60. The molecule has 29 heavy (non-hydrogen) atoms. The maximum absolute atomic E-state index is 12.8. The molecule has 1 aromatic carbocycles. The minimum Gasteiger partial charge on any atom is -0.493 e. The third kappa shape index (κ3) is 3.87. The largest absolute Gasteiger partial charge is 0.493 e. The fourth-order valence-electron chi connectivity index (χ4n) is 3.16. The van der Waals surface area contributed by atoms with Crippen molar-refractivity contribution in [2.24, 2.45) is 5.92 Å². The van der Waals surface area contributed by atoms with Crippen molar-refractivity contribution < 1.29 is 13.9 Å². The molecule has 0 saturated heterocycles. The van der Waals surface area contributed by atoms with Gasteiger partial charge in [0.25, 0.3) is 0 Å². The van der Waals surface area contributed by atoms with Crippen LogP contribution in [0.25, 0.3) is 11.0 Å². The second-order valence-electron chi connectivity index (χ2n) is 6.93. The molecule has 152 valence electrons. The second kappa shape index (κ2) is 8.13. The van der Waals surface area contributed by atoms with Crippen LogP contribution in [0.15, 0.2) is 33.7 Å². The lowest BCUT2D eigenvalue weighted by Crippen LogP contribution is -2.12. The zero-order valence-electron chi connectivity index (χ0n) is 16.1. The number of halogens is 2. The normalized spacial score (nSPS) is 13.5. The van der Waals surface area contributed by atoms with E-state index in [0.29, 0.717) is 68.4 Å². The molecule has 0 radical (unpaired) electrons. The maximum atomic E-state index is 12.8. The molecule has 2 heterocycles. The first-order valence-corrected chi connectivity index (χ1v) is 10.1. The van der Waals surface area contributed by atoms with Crippen molar-refractivity contribution in [1.29, 1.82) is 0 Å². The number of aromatic nitrogens is 1. The van der Waals surface area contributed by atoms with Crippen molar-refractivity contribution in [2.45, 2.75) is 26.2 Å². The molecular weight excluding hydrogens is 415 g/mol. The summed E-state index contributed by atoms with van der Waals surface area (Å²) in [6.07, 6.45) is 5.72. The van der Waals surface area contributed by atoms with Crippen LogP contribution in [0, 0.1) is 5.92 Å². The average Bonchev–Trinajstić information content (AvgIpc) is 3.53. The lowest BCUT2D eigenvalue weighted by molar-refractivity contribution is 0.279. The minimum absolute atomic E-state index is 0.330. The molecule has 8 heteroatoms. The van der Waals surface area contributed by atoms with E-state index in [9.17, 15) is 4.79 Å². The summed E-state index contributed by atoms with van der Waals surface area (Å²) in [7, 11) is 1.55. The van der Waals surface area contributed by atoms with E-state index in [1.165, 1.54) is 12.4 Å². The Balaban J connectivity index is 1.92. The topological polar surface area (TPSA) is 73.6 Å². The van der Waals surface area contributed by atoms with Crippen molar-refractivity contribution in [2.75, 3.05) is 19.0 Å². The molecule has 0 amide bonds. The van der Waals surface area contributed by atoms with Gasteiger partial charge in [-0.3, -0.25) is 4.98 Å². The van der Waals surface area contributed by atoms with Crippen molar-refractivity contribution in [3.05, 3.63) is 50.6 Å². The molecule has 6 nitrogen and oxygen atoms in total. The van der Waals surface area contributed by atoms with Gasteiger partial charge in [-0.2, -0.15) is 0 Å². The highest BCUT2D eigenvalue weighted by Crippen LogP contribution is 2.42. The number of rotatable bonds is 7. The van der Waals surface area contributed by atoms with E-state index in [2.05, 4.69) is 10.3 Å². The minimum atomic E-state index is -0.451. The maximum Gasteiger partial charge on any atom is 0.341 e. The van der Waals surface area contributed by atoms with Crippen LogP contribution >= 0.6 is 23.2 Å². The van der Waals surface area contributed by atoms with E-state index in [0.717, 1.165) is 12.8 Å². The molecule has 1 N–H and O–H groups in total. The highest BCUT2D eigenvalue weighted by atomic mass is 35.5. The van der Waals surface area contributed by atoms with Gasteiger partial charge in [0.1, 0.15) is 0 Å². The Morgan fingerprint density at radius 1 is 1.21 bits per heavy atom. The number of pyridine rings is 1. The Kier molecular flexibility index (Phi) is 5.56. The highest BCUT2D eigenvalue weighted by molar-refractivity contribution is 6.39. The molecule has 1 aliphatic rings. The Bertz CT molecular complexity index is 1110. The number of fused-ring (bicyclic) bond motifs is 1. The van der Waals surface area contributed by atoms with Crippen LogP contribution in [0.4, 0.5) is 11.4 Å². The number of anilines is 2. The van der Waals surface area contributed by atoms with Crippen molar-refractivity contribution in [1.82, 2.24) is 4.98 Å². The predicted molar refractivity (Wildman–Crippen MR) is 114 cm³/mol. The van der Waals surface area contributed by atoms with E-state index in [1.807, 2.05) is 13.0 Å². The highest BCUT2D eigenvalue weighted by Gasteiger charge is 2.25. The third-order valence-electron chi connectivity index (χ3n) is 4.93. The summed E-state index contributed by atoms with van der Waals surface area (Å²) in [5.41, 5.74) is 1.41. The van der Waals surface area contributed by atoms with E-state index < -0.39 is 5.63 Å². The van der Waals surface area contributed by atoms with Crippen LogP contribution in [0.3, 0.4) is 0 Å². The molecule has 1 fully saturated rings. The summed E-state index contributed by atoms with van der Waals surface area (Å²) in [5.74, 6) is 1.46. The van der Waals surface area contributed by atoms with Gasteiger partial charge in [0.2, 0.25) is 5.75 Å². The second-order valence-corrected chi connectivity index (χ2v) is 7.74. The summed E-state index contributed by atoms with van der Waals surface area (Å²) in [4.78, 5) is 16.7. The molecule has 0 bridgehead atoms. The molecule has 4 rings (SSSR count). The van der Waals surface area contributed by atoms with Crippen LogP contribution < -0.4 is 20.4 Å². The fraction of sp³-hybridized carbons (Fsp3) is 0.333. The molecule has 0 aliphatic heterocycles. The number of nitrogens with one attached hydrogen (secondary N) is 1. The number of hydrogen-bond donors (Lipinski definition) is 1. The van der Waals surface area contributed by atoms with Gasteiger partial charge in [0.15, 0.2) is 11.3 Å². The third-order valence-corrected chi connectivity index (χ3v) is 5.50. The summed E-state index contributed by atoms with van der Waals surface area (Å²) >= 11 is 12.6. The smallest absolute Gasteiger partial charge is 0.341 e. The van der Waals surface area contributed by atoms with E-state index >= 15 is 0 Å². The average molecular weight is 435 g/mol. The van der Waals surface area contributed by atoms with Gasteiger partial charge < -0.3 is 19.2 Å². The summed E-state index contributed by atoms with van der Waals surface area (Å²) < 4.78 is 17.1. The van der Waals surface area contributed by atoms with Gasteiger partial charge >= 0.3 is 5.63 Å². The monoisotopic (exact) mass is 434 g/mol. The van der Waals surface area contributed by atoms with Crippen molar-refractivity contribution in [3.63, 3.8) is 0 Å². The molecule has 2 aromatic heterocycles. The number of hydrogen-bond acceptors (Lipinski definition) is 6. The Hall–Kier alpha value is -2.44. The molecule has 0 atom stereocenters. The number of ether oxygens (including phenoxy) is 2. The van der Waals surface area contributed by atoms with Gasteiger partial charge in [0.05, 0.1) is 40.7 Å². The van der Waals surface area contributed by atoms with Gasteiger partial charge in [-0.05, 0) is 37.3 Å². The zero-order chi connectivity index (χ0) is 20.5. The molecule has 0 spiro atoms. The Morgan fingerprint density at radius 3 is 2.55 bits per heavy atom. The summed E-state index contributed by atoms with van der Waals surface area (Å²) in [6, 6.07) is 3.62. The van der Waals surface area contributed by atoms with Gasteiger partial charge in [-0.1, -0.05) is 30.1 Å². The molecule has 1 saturated carbocycles. The number of benzene rings is 1. The Morgan fingerprint density at radius 2 is 1.93 bits per heavy atom. The van der Waals surface area contributed by atoms with Crippen LogP contribution in [0.2, 0.25) is 10.0 Å². The van der Waals surface area contributed by atoms with Crippen molar-refractivity contribution in [3.8, 4) is 11.5 Å². The van der Waals surface area contributed by atoms with Crippen LogP contribution in [0.1, 0.15) is 25.3 Å². The van der Waals surface area contributed by atoms with Crippen LogP contribution in [-0.2, 0) is 6.42 Å². The number of nitrogens with zero attached hydrogens (tertiary/aromatic N) is 1. The summed E-state index contributed by atoms with van der Waals surface area (Å²) in [5, 5.41) is 4.60. The molecule has 1 aliphatic carbocycles. The first-order valence-electron chi connectivity index (χ1n) is 9.39. The van der Waals surface area contributed by atoms with Gasteiger partial charge in [0, 0.05) is 17.8 Å². The Labute approximate surface area is 177 Å². The molecule has 3 aromatic rings. The first kappa shape index (κ1) is 19.9. The lowest BCUT2D eigenvalue weighted by Gasteiger charge is -2.17. The zero-order valence-corrected chi connectivity index (χ0v) is 17.6. The summed E-state index contributed by atoms with van der Waals surface area (Å²) in [6.45, 7) is 2.44. The van der Waals surface area contributed by atoms with E-state index in [1.54, 1.807) is 13.2 Å². The SMILES string of the molecule is CCc1c(Nc2c(Cl)cncc2Cl)c2ccc(OC)c(OCC3CC3)c2oc1=O. The van der Waals surface area contributed by atoms with Gasteiger partial charge in [-0.25, -0.2) is 4.79 Å². The van der Waals surface area contributed by atoms with E-state index in [-0.39, 0.29) is 0 Å². The van der Waals surface area contributed by atoms with E-state index in [4.69, 9.17) is 37.1 Å². The first-order chi connectivity index (χ1) is 14.0. The standard InChI is InChI=1S/C21H20Cl2N2O4/c1-3-12-17(25-18-14(22)8-24-9-15(18)23)13-6-7-16(27-2)20(19(13)29-21(12)26)28-10-11-4-5-11/h6-9,11H,3-5,10H2,1-2H3,(H,24,25). The quantitative estimate of drug-likeness (QED) is 0.487. The van der Waals surface area contributed by atoms with Crippen LogP contribution in [-0.4, -0.2) is 18.7 Å². The molecular formula is C21H20Cl2N2O4. The van der Waals surface area contributed by atoms with Gasteiger partial charge in [-0.15, -0.1) is 0 Å².